The third-order valence-electron chi connectivity index (χ3n) is 2.46. The smallest absolute Gasteiger partial charge is 0.413 e. The summed E-state index contributed by atoms with van der Waals surface area (Å²) in [6, 6.07) is 6.45. The Balaban J connectivity index is 3.08. The fourth-order valence-corrected chi connectivity index (χ4v) is 1.46. The molecule has 0 heterocycles. The van der Waals surface area contributed by atoms with E-state index in [1.807, 2.05) is 0 Å². The Morgan fingerprint density at radius 1 is 1.00 bits per heavy atom. The minimum absolute atomic E-state index is 0.205. The van der Waals surface area contributed by atoms with Gasteiger partial charge in [-0.2, -0.15) is 0 Å². The normalized spacial score (nSPS) is 9.29. The third kappa shape index (κ3) is 6.22. The molecule has 0 spiro atoms. The summed E-state index contributed by atoms with van der Waals surface area (Å²) in [7, 11) is 2.31. The van der Waals surface area contributed by atoms with Gasteiger partial charge in [0.25, 0.3) is 0 Å². The highest BCUT2D eigenvalue weighted by molar-refractivity contribution is 6.03. The summed E-state index contributed by atoms with van der Waals surface area (Å²) in [4.78, 5) is 38.3. The van der Waals surface area contributed by atoms with Crippen LogP contribution in [-0.2, 0) is 14.2 Å². The maximum Gasteiger partial charge on any atom is 0.413 e. The molecule has 130 valence electrons. The summed E-state index contributed by atoms with van der Waals surface area (Å²) >= 11 is 0. The number of carbonyl (C=O) groups excluding carboxylic acids is 3. The second kappa shape index (κ2) is 9.66. The molecule has 1 aromatic carbocycles. The van der Waals surface area contributed by atoms with Crippen molar-refractivity contribution in [2.75, 3.05) is 26.1 Å². The number of nitrogens with one attached hydrogen (secondary N) is 3. The molecular weight excluding hydrogens is 320 g/mol. The minimum atomic E-state index is -0.846. The van der Waals surface area contributed by atoms with Crippen LogP contribution >= 0.6 is 0 Å². The van der Waals surface area contributed by atoms with Gasteiger partial charge in [0.05, 0.1) is 32.2 Å². The average molecular weight is 338 g/mol. The summed E-state index contributed by atoms with van der Waals surface area (Å²) in [5.41, 5.74) is 0.570. The van der Waals surface area contributed by atoms with Crippen molar-refractivity contribution in [3.63, 3.8) is 0 Å². The van der Waals surface area contributed by atoms with Crippen LogP contribution in [0.25, 0.3) is 0 Å². The van der Waals surface area contributed by atoms with E-state index < -0.39 is 18.3 Å². The highest BCUT2D eigenvalue weighted by Crippen LogP contribution is 2.24. The number of hydrogen-bond acceptors (Lipinski definition) is 7. The Morgan fingerprint density at radius 2 is 1.58 bits per heavy atom. The Labute approximate surface area is 138 Å². The van der Waals surface area contributed by atoms with Crippen LogP contribution in [0.2, 0.25) is 0 Å². The molecule has 10 nitrogen and oxygen atoms in total. The lowest BCUT2D eigenvalue weighted by atomic mass is 10.3. The fourth-order valence-electron chi connectivity index (χ4n) is 1.46. The molecular formula is C14H18N4O6. The van der Waals surface area contributed by atoms with E-state index in [9.17, 15) is 14.4 Å². The lowest BCUT2D eigenvalue weighted by molar-refractivity contribution is 0.167. The maximum absolute atomic E-state index is 11.5. The summed E-state index contributed by atoms with van der Waals surface area (Å²) in [5.74, 6) is -0.244. The van der Waals surface area contributed by atoms with Crippen LogP contribution in [-0.4, -0.2) is 45.1 Å². The zero-order valence-corrected chi connectivity index (χ0v) is 13.4. The van der Waals surface area contributed by atoms with Gasteiger partial charge in [-0.15, -0.1) is 0 Å². The van der Waals surface area contributed by atoms with E-state index in [4.69, 9.17) is 4.74 Å². The molecule has 0 atom stereocenters. The fraction of sp³-hybridized carbons (Fsp3) is 0.286. The number of methoxy groups -OCH3 is 2. The van der Waals surface area contributed by atoms with E-state index in [0.717, 1.165) is 14.2 Å². The number of benzene rings is 1. The van der Waals surface area contributed by atoms with Crippen LogP contribution in [0.5, 0.6) is 0 Å². The second-order valence-corrected chi connectivity index (χ2v) is 4.06. The monoisotopic (exact) mass is 338 g/mol. The van der Waals surface area contributed by atoms with Crippen LogP contribution in [0.15, 0.2) is 29.3 Å². The number of alkyl carbamates (subject to hydrolysis) is 2. The molecule has 0 saturated heterocycles. The molecule has 0 unspecified atom stereocenters. The minimum Gasteiger partial charge on any atom is -0.453 e. The molecule has 1 aromatic rings. The number of carbonyl (C=O) groups is 3. The first kappa shape index (κ1) is 18.7. The van der Waals surface area contributed by atoms with Gasteiger partial charge in [-0.1, -0.05) is 12.1 Å². The lowest BCUT2D eigenvalue weighted by Crippen LogP contribution is -2.43. The molecule has 0 aromatic heterocycles. The number of hydrogen-bond donors (Lipinski definition) is 3. The van der Waals surface area contributed by atoms with E-state index in [1.54, 1.807) is 31.2 Å². The molecule has 0 radical (unpaired) electrons. The summed E-state index contributed by atoms with van der Waals surface area (Å²) in [6.45, 7) is 1.87. The summed E-state index contributed by atoms with van der Waals surface area (Å²) < 4.78 is 13.7. The van der Waals surface area contributed by atoms with E-state index >= 15 is 0 Å². The number of aliphatic imine (C=N–C) groups is 1. The molecule has 0 aliphatic heterocycles. The van der Waals surface area contributed by atoms with Gasteiger partial charge in [-0.05, 0) is 19.1 Å². The third-order valence-corrected chi connectivity index (χ3v) is 2.46. The van der Waals surface area contributed by atoms with E-state index in [2.05, 4.69) is 30.4 Å². The molecule has 3 N–H and O–H groups in total. The van der Waals surface area contributed by atoms with E-state index in [-0.39, 0.29) is 18.3 Å². The molecule has 24 heavy (non-hydrogen) atoms. The Hall–Kier alpha value is -3.30. The molecule has 0 aliphatic carbocycles. The van der Waals surface area contributed by atoms with Gasteiger partial charge in [0.15, 0.2) is 0 Å². The van der Waals surface area contributed by atoms with Gasteiger partial charge in [0.2, 0.25) is 5.96 Å². The molecule has 0 fully saturated rings. The maximum atomic E-state index is 11.5. The van der Waals surface area contributed by atoms with Crippen molar-refractivity contribution in [2.45, 2.75) is 6.92 Å². The number of guanidine groups is 1. The number of anilines is 1. The van der Waals surface area contributed by atoms with Crippen LogP contribution in [0.4, 0.5) is 25.8 Å². The molecule has 0 bridgehead atoms. The first-order chi connectivity index (χ1) is 11.5. The van der Waals surface area contributed by atoms with Gasteiger partial charge in [-0.25, -0.2) is 19.4 Å². The van der Waals surface area contributed by atoms with Gasteiger partial charge < -0.3 is 14.2 Å². The summed E-state index contributed by atoms with van der Waals surface area (Å²) in [6.07, 6.45) is -2.36. The first-order valence-electron chi connectivity index (χ1n) is 6.81. The standard InChI is InChI=1S/C14H18N4O6/c1-4-24-14(21)16-10-8-6-5-7-9(10)15-11(17-12(19)22-2)18-13(20)23-3/h5-8H,4H2,1-3H3,(H,16,21)(H2,15,17,18,19,20). The van der Waals surface area contributed by atoms with Crippen molar-refractivity contribution in [3.8, 4) is 0 Å². The number of rotatable bonds is 3. The van der Waals surface area contributed by atoms with Gasteiger partial charge in [-0.3, -0.25) is 16.0 Å². The van der Waals surface area contributed by atoms with Gasteiger partial charge in [0, 0.05) is 0 Å². The number of para-hydroxylation sites is 2. The molecule has 10 heteroatoms. The second-order valence-electron chi connectivity index (χ2n) is 4.06. The lowest BCUT2D eigenvalue weighted by Gasteiger charge is -2.11. The molecule has 0 aliphatic rings. The van der Waals surface area contributed by atoms with Crippen molar-refractivity contribution in [1.82, 2.24) is 10.6 Å². The Bertz CT molecular complexity index is 611. The average Bonchev–Trinajstić information content (AvgIpc) is 2.56. The van der Waals surface area contributed by atoms with Crippen molar-refractivity contribution in [1.29, 1.82) is 0 Å². The topological polar surface area (TPSA) is 127 Å². The number of nitrogens with zero attached hydrogens (tertiary/aromatic N) is 1. The highest BCUT2D eigenvalue weighted by atomic mass is 16.6. The van der Waals surface area contributed by atoms with Crippen LogP contribution in [0.1, 0.15) is 6.92 Å². The molecule has 0 saturated carbocycles. The predicted molar refractivity (Wildman–Crippen MR) is 85.3 cm³/mol. The zero-order valence-electron chi connectivity index (χ0n) is 13.4. The summed E-state index contributed by atoms with van der Waals surface area (Å²) in [5, 5.41) is 6.93. The van der Waals surface area contributed by atoms with E-state index in [1.165, 1.54) is 0 Å². The first-order valence-corrected chi connectivity index (χ1v) is 6.81. The van der Waals surface area contributed by atoms with E-state index in [0.29, 0.717) is 5.69 Å². The quantitative estimate of drug-likeness (QED) is 0.439. The number of ether oxygens (including phenoxy) is 3. The largest absolute Gasteiger partial charge is 0.453 e. The number of amides is 3. The molecule has 3 amide bonds. The van der Waals surface area contributed by atoms with Gasteiger partial charge >= 0.3 is 18.3 Å². The predicted octanol–water partition coefficient (Wildman–Crippen LogP) is 1.95. The van der Waals surface area contributed by atoms with Gasteiger partial charge in [0.1, 0.15) is 0 Å². The van der Waals surface area contributed by atoms with Crippen LogP contribution in [0.3, 0.4) is 0 Å². The Morgan fingerprint density at radius 3 is 2.12 bits per heavy atom. The van der Waals surface area contributed by atoms with Crippen molar-refractivity contribution >= 4 is 35.6 Å². The zero-order chi connectivity index (χ0) is 17.9. The van der Waals surface area contributed by atoms with Crippen molar-refractivity contribution < 1.29 is 28.6 Å². The highest BCUT2D eigenvalue weighted by Gasteiger charge is 2.12. The molecule has 1 rings (SSSR count). The van der Waals surface area contributed by atoms with Crippen LogP contribution < -0.4 is 16.0 Å². The van der Waals surface area contributed by atoms with Crippen LogP contribution in [0, 0.1) is 0 Å². The SMILES string of the molecule is CCOC(=O)Nc1ccccc1N=C(NC(=O)OC)NC(=O)OC. The Kier molecular flexibility index (Phi) is 7.55. The van der Waals surface area contributed by atoms with Crippen molar-refractivity contribution in [2.24, 2.45) is 4.99 Å². The van der Waals surface area contributed by atoms with Crippen molar-refractivity contribution in [3.05, 3.63) is 24.3 Å².